The number of hydrogen-bond acceptors (Lipinski definition) is 3. The fourth-order valence-corrected chi connectivity index (χ4v) is 3.08. The first-order chi connectivity index (χ1) is 9.72. The molecule has 4 rings (SSSR count). The normalized spacial score (nSPS) is 19.8. The largest absolute Gasteiger partial charge is 0.338 e. The molecule has 1 atom stereocenters. The summed E-state index contributed by atoms with van der Waals surface area (Å²) in [7, 11) is 0. The lowest BCUT2D eigenvalue weighted by Crippen LogP contribution is -2.51. The van der Waals surface area contributed by atoms with Crippen LogP contribution in [0.1, 0.15) is 11.1 Å². The van der Waals surface area contributed by atoms with Gasteiger partial charge in [0, 0.05) is 13.0 Å². The van der Waals surface area contributed by atoms with Gasteiger partial charge in [-0.05, 0) is 23.3 Å². The Morgan fingerprint density at radius 3 is 2.85 bits per heavy atom. The number of pyridine rings is 1. The van der Waals surface area contributed by atoms with Gasteiger partial charge in [-0.3, -0.25) is 4.79 Å². The van der Waals surface area contributed by atoms with E-state index in [1.54, 1.807) is 12.1 Å². The Kier molecular flexibility index (Phi) is 2.47. The standard InChI is InChI=1S/C15H12ClN3O/c16-13-6-5-11-14(18-13)19-8-10-4-2-1-3-9(10)7-12(19)15(20)17-11/h1-6,12H,7-8H2,(H,17,20). The molecule has 100 valence electrons. The molecular weight excluding hydrogens is 274 g/mol. The molecule has 2 aliphatic heterocycles. The van der Waals surface area contributed by atoms with Crippen LogP contribution < -0.4 is 10.2 Å². The summed E-state index contributed by atoms with van der Waals surface area (Å²) in [5, 5.41) is 3.36. The molecule has 1 unspecified atom stereocenters. The number of hydrogen-bond donors (Lipinski definition) is 1. The first-order valence-corrected chi connectivity index (χ1v) is 6.91. The fraction of sp³-hybridized carbons (Fsp3) is 0.200. The zero-order chi connectivity index (χ0) is 13.7. The van der Waals surface area contributed by atoms with E-state index in [1.807, 2.05) is 17.0 Å². The van der Waals surface area contributed by atoms with Gasteiger partial charge in [-0.15, -0.1) is 0 Å². The van der Waals surface area contributed by atoms with Crippen LogP contribution in [0.3, 0.4) is 0 Å². The van der Waals surface area contributed by atoms with Gasteiger partial charge in [-0.25, -0.2) is 4.98 Å². The van der Waals surface area contributed by atoms with Crippen molar-refractivity contribution in [3.8, 4) is 0 Å². The predicted octanol–water partition coefficient (Wildman–Crippen LogP) is 2.62. The van der Waals surface area contributed by atoms with E-state index in [9.17, 15) is 4.79 Å². The Hall–Kier alpha value is -2.07. The van der Waals surface area contributed by atoms with E-state index >= 15 is 0 Å². The maximum Gasteiger partial charge on any atom is 0.247 e. The minimum Gasteiger partial charge on any atom is -0.338 e. The quantitative estimate of drug-likeness (QED) is 0.757. The van der Waals surface area contributed by atoms with Crippen molar-refractivity contribution >= 4 is 29.0 Å². The number of fused-ring (bicyclic) bond motifs is 4. The Morgan fingerprint density at radius 2 is 2.00 bits per heavy atom. The predicted molar refractivity (Wildman–Crippen MR) is 78.0 cm³/mol. The number of rotatable bonds is 0. The van der Waals surface area contributed by atoms with Gasteiger partial charge in [0.25, 0.3) is 0 Å². The van der Waals surface area contributed by atoms with Crippen molar-refractivity contribution in [1.82, 2.24) is 4.98 Å². The Bertz CT molecular complexity index is 716. The fourth-order valence-electron chi connectivity index (χ4n) is 2.94. The number of nitrogens with zero attached hydrogens (tertiary/aromatic N) is 2. The highest BCUT2D eigenvalue weighted by Gasteiger charge is 2.37. The molecule has 2 aromatic rings. The van der Waals surface area contributed by atoms with Gasteiger partial charge in [0.05, 0.1) is 5.69 Å². The summed E-state index contributed by atoms with van der Waals surface area (Å²) in [6, 6.07) is 11.5. The van der Waals surface area contributed by atoms with Gasteiger partial charge < -0.3 is 10.2 Å². The van der Waals surface area contributed by atoms with E-state index in [0.29, 0.717) is 18.1 Å². The molecule has 1 N–H and O–H groups in total. The van der Waals surface area contributed by atoms with Gasteiger partial charge >= 0.3 is 0 Å². The van der Waals surface area contributed by atoms with Crippen LogP contribution >= 0.6 is 11.6 Å². The molecule has 0 fully saturated rings. The second-order valence-corrected chi connectivity index (χ2v) is 5.50. The van der Waals surface area contributed by atoms with Crippen molar-refractivity contribution < 1.29 is 4.79 Å². The molecule has 0 spiro atoms. The molecule has 0 aliphatic carbocycles. The van der Waals surface area contributed by atoms with Gasteiger partial charge in [-0.2, -0.15) is 0 Å². The Morgan fingerprint density at radius 1 is 1.20 bits per heavy atom. The maximum absolute atomic E-state index is 12.3. The summed E-state index contributed by atoms with van der Waals surface area (Å²) in [5.41, 5.74) is 3.20. The second-order valence-electron chi connectivity index (χ2n) is 5.11. The highest BCUT2D eigenvalue weighted by atomic mass is 35.5. The van der Waals surface area contributed by atoms with Crippen LogP contribution in [-0.2, 0) is 17.8 Å². The summed E-state index contributed by atoms with van der Waals surface area (Å²) in [6.45, 7) is 0.689. The number of amides is 1. The van der Waals surface area contributed by atoms with E-state index in [0.717, 1.165) is 11.5 Å². The number of nitrogens with one attached hydrogen (secondary N) is 1. The summed E-state index contributed by atoms with van der Waals surface area (Å²) >= 11 is 5.99. The minimum absolute atomic E-state index is 0.0242. The zero-order valence-electron chi connectivity index (χ0n) is 10.6. The molecule has 0 radical (unpaired) electrons. The molecule has 20 heavy (non-hydrogen) atoms. The molecule has 1 aromatic heterocycles. The lowest BCUT2D eigenvalue weighted by atomic mass is 9.92. The van der Waals surface area contributed by atoms with E-state index in [-0.39, 0.29) is 11.9 Å². The highest BCUT2D eigenvalue weighted by Crippen LogP contribution is 2.36. The summed E-state index contributed by atoms with van der Waals surface area (Å²) < 4.78 is 0. The maximum atomic E-state index is 12.3. The summed E-state index contributed by atoms with van der Waals surface area (Å²) in [6.07, 6.45) is 0.704. The van der Waals surface area contributed by atoms with Gasteiger partial charge in [0.2, 0.25) is 5.91 Å². The van der Waals surface area contributed by atoms with Crippen molar-refractivity contribution in [3.63, 3.8) is 0 Å². The zero-order valence-corrected chi connectivity index (χ0v) is 11.4. The van der Waals surface area contributed by atoms with Crippen molar-refractivity contribution in [2.24, 2.45) is 0 Å². The highest BCUT2D eigenvalue weighted by molar-refractivity contribution is 6.29. The van der Waals surface area contributed by atoms with Crippen LogP contribution in [0.25, 0.3) is 0 Å². The van der Waals surface area contributed by atoms with Gasteiger partial charge in [0.1, 0.15) is 11.2 Å². The number of anilines is 2. The van der Waals surface area contributed by atoms with E-state index in [2.05, 4.69) is 22.4 Å². The van der Waals surface area contributed by atoms with E-state index < -0.39 is 0 Å². The first-order valence-electron chi connectivity index (χ1n) is 6.53. The van der Waals surface area contributed by atoms with Crippen LogP contribution in [0.2, 0.25) is 5.15 Å². The van der Waals surface area contributed by atoms with Crippen LogP contribution in [-0.4, -0.2) is 16.9 Å². The monoisotopic (exact) mass is 285 g/mol. The third-order valence-electron chi connectivity index (χ3n) is 3.92. The number of benzene rings is 1. The average molecular weight is 286 g/mol. The van der Waals surface area contributed by atoms with Crippen molar-refractivity contribution in [3.05, 3.63) is 52.7 Å². The molecule has 0 saturated carbocycles. The van der Waals surface area contributed by atoms with Crippen molar-refractivity contribution in [2.75, 3.05) is 10.2 Å². The average Bonchev–Trinajstić information content (AvgIpc) is 2.47. The lowest BCUT2D eigenvalue weighted by Gasteiger charge is -2.40. The molecule has 2 aliphatic rings. The molecule has 0 saturated heterocycles. The number of carbonyl (C=O) groups excluding carboxylic acids is 1. The van der Waals surface area contributed by atoms with Gasteiger partial charge in [-0.1, -0.05) is 35.9 Å². The lowest BCUT2D eigenvalue weighted by molar-refractivity contribution is -0.117. The third kappa shape index (κ3) is 1.68. The van der Waals surface area contributed by atoms with Crippen molar-refractivity contribution in [2.45, 2.75) is 19.0 Å². The summed E-state index contributed by atoms with van der Waals surface area (Å²) in [5.74, 6) is 0.785. The Balaban J connectivity index is 1.84. The molecular formula is C15H12ClN3O. The third-order valence-corrected chi connectivity index (χ3v) is 4.13. The molecule has 1 aromatic carbocycles. The minimum atomic E-state index is -0.205. The molecule has 5 heteroatoms. The van der Waals surface area contributed by atoms with Gasteiger partial charge in [0.15, 0.2) is 5.82 Å². The number of halogens is 1. The molecule has 1 amide bonds. The molecule has 3 heterocycles. The number of carbonyl (C=O) groups is 1. The molecule has 0 bridgehead atoms. The van der Waals surface area contributed by atoms with Crippen LogP contribution in [0, 0.1) is 0 Å². The molecule has 4 nitrogen and oxygen atoms in total. The van der Waals surface area contributed by atoms with Crippen LogP contribution in [0.5, 0.6) is 0 Å². The smallest absolute Gasteiger partial charge is 0.247 e. The van der Waals surface area contributed by atoms with Crippen LogP contribution in [0.15, 0.2) is 36.4 Å². The van der Waals surface area contributed by atoms with Crippen molar-refractivity contribution in [1.29, 1.82) is 0 Å². The Labute approximate surface area is 121 Å². The second kappa shape index (κ2) is 4.21. The van der Waals surface area contributed by atoms with E-state index in [4.69, 9.17) is 11.6 Å². The van der Waals surface area contributed by atoms with Crippen LogP contribution in [0.4, 0.5) is 11.5 Å². The van der Waals surface area contributed by atoms with E-state index in [1.165, 1.54) is 11.1 Å². The first kappa shape index (κ1) is 11.7. The topological polar surface area (TPSA) is 45.2 Å². The summed E-state index contributed by atoms with van der Waals surface area (Å²) in [4.78, 5) is 18.7. The number of aromatic nitrogens is 1. The SMILES string of the molecule is O=C1Nc2ccc(Cl)nc2N2Cc3ccccc3CC12.